The summed E-state index contributed by atoms with van der Waals surface area (Å²) in [4.78, 5) is 21.2. The third kappa shape index (κ3) is 2.59. The van der Waals surface area contributed by atoms with E-state index in [1.165, 1.54) is 12.3 Å². The minimum Gasteiger partial charge on any atom is -0.367 e. The quantitative estimate of drug-likeness (QED) is 0.626. The van der Waals surface area contributed by atoms with E-state index in [0.29, 0.717) is 27.6 Å². The molecule has 0 N–H and O–H groups in total. The van der Waals surface area contributed by atoms with Crippen LogP contribution in [0.4, 0.5) is 10.1 Å². The molecule has 3 aromatic rings. The third-order valence-electron chi connectivity index (χ3n) is 4.97. The van der Waals surface area contributed by atoms with Crippen molar-refractivity contribution in [3.63, 3.8) is 0 Å². The van der Waals surface area contributed by atoms with E-state index in [4.69, 9.17) is 5.26 Å². The molecule has 0 bridgehead atoms. The van der Waals surface area contributed by atoms with Crippen LogP contribution in [0, 0.1) is 17.1 Å². The predicted octanol–water partition coefficient (Wildman–Crippen LogP) is 1.85. The molecular weight excluding hydrogens is 333 g/mol. The maximum Gasteiger partial charge on any atom is 0.208 e. The number of anilines is 1. The van der Waals surface area contributed by atoms with Gasteiger partial charge in [0, 0.05) is 44.8 Å². The molecule has 1 aliphatic rings. The molecule has 0 spiro atoms. The molecule has 132 valence electrons. The maximum atomic E-state index is 14.7. The average Bonchev–Trinajstić information content (AvgIpc) is 2.64. The van der Waals surface area contributed by atoms with Crippen LogP contribution in [0.2, 0.25) is 0 Å². The van der Waals surface area contributed by atoms with Crippen molar-refractivity contribution in [1.82, 2.24) is 14.5 Å². The third-order valence-corrected chi connectivity index (χ3v) is 4.97. The molecule has 0 saturated carbocycles. The Hall–Kier alpha value is -2.98. The Morgan fingerprint density at radius 1 is 1.15 bits per heavy atom. The van der Waals surface area contributed by atoms with E-state index in [-0.39, 0.29) is 16.8 Å². The zero-order valence-electron chi connectivity index (χ0n) is 14.7. The number of piperazine rings is 1. The summed E-state index contributed by atoms with van der Waals surface area (Å²) in [5, 5.41) is 9.99. The Labute approximate surface area is 149 Å². The minimum absolute atomic E-state index is 0.0516. The van der Waals surface area contributed by atoms with E-state index in [1.807, 2.05) is 11.0 Å². The van der Waals surface area contributed by atoms with Gasteiger partial charge in [0.05, 0.1) is 16.6 Å². The van der Waals surface area contributed by atoms with Gasteiger partial charge in [-0.1, -0.05) is 0 Å². The molecule has 0 amide bonds. The van der Waals surface area contributed by atoms with E-state index in [9.17, 15) is 9.18 Å². The number of pyridine rings is 2. The lowest BCUT2D eigenvalue weighted by Gasteiger charge is -2.34. The second-order valence-electron chi connectivity index (χ2n) is 6.74. The number of halogens is 1. The van der Waals surface area contributed by atoms with Crippen molar-refractivity contribution in [2.75, 3.05) is 38.1 Å². The van der Waals surface area contributed by atoms with E-state index >= 15 is 0 Å². The first kappa shape index (κ1) is 16.5. The van der Waals surface area contributed by atoms with E-state index < -0.39 is 0 Å². The van der Waals surface area contributed by atoms with Gasteiger partial charge in [-0.25, -0.2) is 9.37 Å². The number of nitrogens with zero attached hydrogens (tertiary/aromatic N) is 5. The van der Waals surface area contributed by atoms with E-state index in [2.05, 4.69) is 16.9 Å². The number of benzene rings is 1. The van der Waals surface area contributed by atoms with Gasteiger partial charge in [0.1, 0.15) is 23.1 Å². The molecule has 1 fully saturated rings. The Morgan fingerprint density at radius 3 is 2.58 bits per heavy atom. The highest BCUT2D eigenvalue weighted by Crippen LogP contribution is 2.27. The van der Waals surface area contributed by atoms with Gasteiger partial charge in [0.15, 0.2) is 0 Å². The minimum atomic E-state index is -0.376. The summed E-state index contributed by atoms with van der Waals surface area (Å²) in [5.41, 5.74) is 1.33. The monoisotopic (exact) mass is 351 g/mol. The van der Waals surface area contributed by atoms with E-state index in [0.717, 1.165) is 26.2 Å². The molecule has 0 aliphatic carbocycles. The Bertz CT molecular complexity index is 1120. The summed E-state index contributed by atoms with van der Waals surface area (Å²) in [7, 11) is 3.80. The van der Waals surface area contributed by atoms with Gasteiger partial charge in [-0.15, -0.1) is 0 Å². The largest absolute Gasteiger partial charge is 0.367 e. The number of aromatic nitrogens is 2. The zero-order chi connectivity index (χ0) is 18.4. The van der Waals surface area contributed by atoms with Gasteiger partial charge >= 0.3 is 0 Å². The normalized spacial score (nSPS) is 15.5. The summed E-state index contributed by atoms with van der Waals surface area (Å²) in [5.74, 6) is -0.323. The molecule has 0 radical (unpaired) electrons. The van der Waals surface area contributed by atoms with Crippen LogP contribution in [0.1, 0.15) is 5.56 Å². The number of rotatable bonds is 1. The highest BCUT2D eigenvalue weighted by Gasteiger charge is 2.19. The number of fused-ring (bicyclic) bond motifs is 2. The molecule has 1 saturated heterocycles. The summed E-state index contributed by atoms with van der Waals surface area (Å²) >= 11 is 0. The number of hydrogen-bond acceptors (Lipinski definition) is 5. The lowest BCUT2D eigenvalue weighted by Crippen LogP contribution is -2.44. The SMILES string of the molecule is CN1CCN(c2cc3nc4c(cc3cc2F)c(=O)c(C#N)cn4C)CC1. The lowest BCUT2D eigenvalue weighted by atomic mass is 10.1. The zero-order valence-corrected chi connectivity index (χ0v) is 14.7. The predicted molar refractivity (Wildman–Crippen MR) is 98.9 cm³/mol. The molecule has 1 aliphatic heterocycles. The second-order valence-corrected chi connectivity index (χ2v) is 6.74. The van der Waals surface area contributed by atoms with Gasteiger partial charge in [-0.05, 0) is 25.2 Å². The topological polar surface area (TPSA) is 65.2 Å². The molecule has 6 nitrogen and oxygen atoms in total. The molecule has 3 heterocycles. The van der Waals surface area contributed by atoms with Crippen molar-refractivity contribution in [1.29, 1.82) is 5.26 Å². The smallest absolute Gasteiger partial charge is 0.208 e. The Morgan fingerprint density at radius 2 is 1.88 bits per heavy atom. The fourth-order valence-corrected chi connectivity index (χ4v) is 3.44. The van der Waals surface area contributed by atoms with Crippen LogP contribution in [0.3, 0.4) is 0 Å². The van der Waals surface area contributed by atoms with Gasteiger partial charge in [0.2, 0.25) is 5.43 Å². The molecule has 4 rings (SSSR count). The van der Waals surface area contributed by atoms with Gasteiger partial charge in [-0.3, -0.25) is 4.79 Å². The van der Waals surface area contributed by atoms with Crippen LogP contribution in [-0.2, 0) is 7.05 Å². The number of hydrogen-bond donors (Lipinski definition) is 0. The first-order valence-corrected chi connectivity index (χ1v) is 8.45. The highest BCUT2D eigenvalue weighted by molar-refractivity contribution is 5.93. The summed E-state index contributed by atoms with van der Waals surface area (Å²) < 4.78 is 16.4. The van der Waals surface area contributed by atoms with Crippen molar-refractivity contribution < 1.29 is 4.39 Å². The Kier molecular flexibility index (Phi) is 3.85. The van der Waals surface area contributed by atoms with Crippen LogP contribution >= 0.6 is 0 Å². The lowest BCUT2D eigenvalue weighted by molar-refractivity contribution is 0.312. The molecule has 7 heteroatoms. The van der Waals surface area contributed by atoms with E-state index in [1.54, 1.807) is 23.7 Å². The number of aryl methyl sites for hydroxylation is 1. The summed E-state index contributed by atoms with van der Waals surface area (Å²) in [6, 6.07) is 6.69. The van der Waals surface area contributed by atoms with Crippen LogP contribution in [-0.4, -0.2) is 47.7 Å². The molecule has 0 unspecified atom stereocenters. The van der Waals surface area contributed by atoms with Crippen molar-refractivity contribution in [3.05, 3.63) is 46.0 Å². The fraction of sp³-hybridized carbons (Fsp3) is 0.316. The maximum absolute atomic E-state index is 14.7. The van der Waals surface area contributed by atoms with Gasteiger partial charge < -0.3 is 14.4 Å². The van der Waals surface area contributed by atoms with Crippen molar-refractivity contribution in [2.24, 2.45) is 7.05 Å². The molecule has 0 atom stereocenters. The van der Waals surface area contributed by atoms with Crippen LogP contribution < -0.4 is 10.3 Å². The van der Waals surface area contributed by atoms with Crippen LogP contribution in [0.5, 0.6) is 0 Å². The number of nitriles is 1. The molecule has 2 aromatic heterocycles. The van der Waals surface area contributed by atoms with Crippen molar-refractivity contribution in [2.45, 2.75) is 0 Å². The first-order chi connectivity index (χ1) is 12.5. The standard InChI is InChI=1S/C19H18FN5O/c1-23-3-5-25(6-4-23)17-9-16-12(8-15(17)20)7-14-18(26)13(10-21)11-24(2)19(14)22-16/h7-9,11H,3-6H2,1-2H3. The van der Waals surface area contributed by atoms with Crippen molar-refractivity contribution in [3.8, 4) is 6.07 Å². The molecule has 26 heavy (non-hydrogen) atoms. The van der Waals surface area contributed by atoms with Gasteiger partial charge in [-0.2, -0.15) is 5.26 Å². The first-order valence-electron chi connectivity index (χ1n) is 8.45. The fourth-order valence-electron chi connectivity index (χ4n) is 3.44. The molecular formula is C19H18FN5O. The average molecular weight is 351 g/mol. The summed E-state index contributed by atoms with van der Waals surface area (Å²) in [6.07, 6.45) is 1.48. The molecule has 1 aromatic carbocycles. The second kappa shape index (κ2) is 6.07. The van der Waals surface area contributed by atoms with Gasteiger partial charge in [0.25, 0.3) is 0 Å². The Balaban J connectivity index is 1.91. The highest BCUT2D eigenvalue weighted by atomic mass is 19.1. The van der Waals surface area contributed by atoms with Crippen LogP contribution in [0.25, 0.3) is 21.9 Å². The summed E-state index contributed by atoms with van der Waals surface area (Å²) in [6.45, 7) is 3.29. The van der Waals surface area contributed by atoms with Crippen molar-refractivity contribution >= 4 is 27.6 Å². The number of likely N-dealkylation sites (N-methyl/N-ethyl adjacent to an activating group) is 1. The van der Waals surface area contributed by atoms with Crippen LogP contribution in [0.15, 0.2) is 29.2 Å².